The normalized spacial score (nSPS) is 25.0. The lowest BCUT2D eigenvalue weighted by atomic mass is 9.68. The Morgan fingerprint density at radius 3 is 2.46 bits per heavy atom. The number of likely N-dealkylation sites (tertiary alicyclic amines) is 1. The smallest absolute Gasteiger partial charge is 0.416 e. The molecule has 11 heteroatoms. The van der Waals surface area contributed by atoms with Gasteiger partial charge in [-0.15, -0.1) is 0 Å². The Labute approximate surface area is 203 Å². The van der Waals surface area contributed by atoms with Crippen molar-refractivity contribution < 1.29 is 32.2 Å². The summed E-state index contributed by atoms with van der Waals surface area (Å²) in [5, 5.41) is 1.61. The lowest BCUT2D eigenvalue weighted by molar-refractivity contribution is -0.139. The van der Waals surface area contributed by atoms with E-state index in [1.165, 1.54) is 11.0 Å². The van der Waals surface area contributed by atoms with Crippen molar-refractivity contribution in [1.82, 2.24) is 15.3 Å². The number of ether oxygens (including phenoxy) is 2. The van der Waals surface area contributed by atoms with E-state index in [9.17, 15) is 22.8 Å². The first-order chi connectivity index (χ1) is 16.0. The van der Waals surface area contributed by atoms with Crippen molar-refractivity contribution in [1.29, 1.82) is 0 Å². The zero-order valence-electron chi connectivity index (χ0n) is 21.1. The molecule has 1 aromatic carbocycles. The molecule has 1 aromatic rings. The average Bonchev–Trinajstić information content (AvgIpc) is 2.71. The van der Waals surface area contributed by atoms with E-state index in [-0.39, 0.29) is 43.1 Å². The molecule has 194 valence electrons. The molecule has 2 unspecified atom stereocenters. The van der Waals surface area contributed by atoms with Gasteiger partial charge in [-0.05, 0) is 51.3 Å². The molecule has 1 N–H and O–H groups in total. The van der Waals surface area contributed by atoms with Gasteiger partial charge in [-0.3, -0.25) is 10.2 Å². The number of halogens is 3. The number of hydrogen-bond acceptors (Lipinski definition) is 6. The van der Waals surface area contributed by atoms with E-state index >= 15 is 0 Å². The van der Waals surface area contributed by atoms with Crippen molar-refractivity contribution in [2.45, 2.75) is 71.4 Å². The first-order valence-electron chi connectivity index (χ1n) is 11.7. The molecule has 8 nitrogen and oxygen atoms in total. The van der Waals surface area contributed by atoms with E-state index < -0.39 is 40.8 Å². The van der Waals surface area contributed by atoms with E-state index in [0.29, 0.717) is 5.69 Å². The third-order valence-corrected chi connectivity index (χ3v) is 7.22. The highest BCUT2D eigenvalue weighted by molar-refractivity contribution is 5.87. The van der Waals surface area contributed by atoms with Crippen LogP contribution in [-0.2, 0) is 15.7 Å². The molecule has 0 aromatic heterocycles. The molecule has 3 atom stereocenters. The zero-order chi connectivity index (χ0) is 26.1. The van der Waals surface area contributed by atoms with E-state index in [4.69, 9.17) is 9.47 Å². The number of carbonyl (C=O) groups is 2. The van der Waals surface area contributed by atoms with Crippen molar-refractivity contribution in [2.75, 3.05) is 31.6 Å². The molecule has 0 spiro atoms. The van der Waals surface area contributed by atoms with Crippen LogP contribution in [0.25, 0.3) is 0 Å². The predicted molar refractivity (Wildman–Crippen MR) is 123 cm³/mol. The number of rotatable bonds is 2. The maximum absolute atomic E-state index is 14.2. The van der Waals surface area contributed by atoms with Gasteiger partial charge in [-0.25, -0.2) is 4.79 Å². The van der Waals surface area contributed by atoms with Crippen LogP contribution < -0.4 is 15.1 Å². The van der Waals surface area contributed by atoms with Crippen LogP contribution in [0.1, 0.15) is 58.6 Å². The van der Waals surface area contributed by atoms with Crippen LogP contribution in [-0.4, -0.2) is 66.5 Å². The maximum Gasteiger partial charge on any atom is 0.416 e. The number of nitrogens with one attached hydrogen (secondary N) is 1. The molecule has 0 saturated carbocycles. The Hall–Kier alpha value is -2.69. The van der Waals surface area contributed by atoms with Crippen LogP contribution in [0.5, 0.6) is 5.75 Å². The molecule has 35 heavy (non-hydrogen) atoms. The van der Waals surface area contributed by atoms with Crippen LogP contribution in [0.2, 0.25) is 0 Å². The molecule has 3 aliphatic rings. The van der Waals surface area contributed by atoms with Crippen molar-refractivity contribution >= 4 is 17.7 Å². The number of alkyl halides is 3. The minimum atomic E-state index is -4.59. The number of hydrazine groups is 1. The van der Waals surface area contributed by atoms with Crippen molar-refractivity contribution in [3.05, 3.63) is 23.3 Å². The van der Waals surface area contributed by atoms with Crippen LogP contribution in [0.15, 0.2) is 12.1 Å². The fourth-order valence-corrected chi connectivity index (χ4v) is 5.07. The van der Waals surface area contributed by atoms with E-state index in [2.05, 4.69) is 5.43 Å². The second kappa shape index (κ2) is 8.18. The molecule has 3 heterocycles. The molecule has 0 aliphatic carbocycles. The fraction of sp³-hybridized carbons (Fsp3) is 0.667. The SMILES string of the molecule is CC(c1cc2c(cc1C(F)(F)F)OCC1N(C)NC(=O)[C@@H](C)N21)C1(C)CN(C(=O)OC(C)(C)C)C1. The summed E-state index contributed by atoms with van der Waals surface area (Å²) in [5.41, 5.74) is 1.32. The highest BCUT2D eigenvalue weighted by Crippen LogP contribution is 2.50. The van der Waals surface area contributed by atoms with Gasteiger partial charge >= 0.3 is 12.3 Å². The molecule has 2 saturated heterocycles. The lowest BCUT2D eigenvalue weighted by Gasteiger charge is -2.52. The number of anilines is 1. The van der Waals surface area contributed by atoms with Gasteiger partial charge in [0.1, 0.15) is 30.2 Å². The zero-order valence-corrected chi connectivity index (χ0v) is 21.1. The van der Waals surface area contributed by atoms with Gasteiger partial charge in [0.2, 0.25) is 0 Å². The molecule has 2 fully saturated rings. The third-order valence-electron chi connectivity index (χ3n) is 7.22. The van der Waals surface area contributed by atoms with Gasteiger partial charge in [-0.1, -0.05) is 13.8 Å². The van der Waals surface area contributed by atoms with Crippen molar-refractivity contribution in [3.63, 3.8) is 0 Å². The first-order valence-corrected chi connectivity index (χ1v) is 11.7. The quantitative estimate of drug-likeness (QED) is 0.666. The van der Waals surface area contributed by atoms with Crippen molar-refractivity contribution in [2.24, 2.45) is 5.41 Å². The predicted octanol–water partition coefficient (Wildman–Crippen LogP) is 3.96. The standard InChI is InChI=1S/C24H33F3N4O4/c1-13(23(6)11-30(12-23)21(33)35-22(3,4)5)15-8-17-18(9-16(15)24(25,26)27)34-10-19-29(7)28-20(32)14(2)31(17)19/h8-9,13-14,19H,10-12H2,1-7H3,(H,28,32)/t13?,14-,19?/m1/s1. The summed E-state index contributed by atoms with van der Waals surface area (Å²) in [6.45, 7) is 11.3. The summed E-state index contributed by atoms with van der Waals surface area (Å²) in [7, 11) is 1.70. The monoisotopic (exact) mass is 498 g/mol. The van der Waals surface area contributed by atoms with Crippen LogP contribution in [0, 0.1) is 5.41 Å². The summed E-state index contributed by atoms with van der Waals surface area (Å²) in [6, 6.07) is 1.98. The molecular weight excluding hydrogens is 465 g/mol. The van der Waals surface area contributed by atoms with E-state index in [0.717, 1.165) is 6.07 Å². The number of benzene rings is 1. The van der Waals surface area contributed by atoms with Crippen molar-refractivity contribution in [3.8, 4) is 5.75 Å². The Morgan fingerprint density at radius 1 is 1.26 bits per heavy atom. The Morgan fingerprint density at radius 2 is 1.89 bits per heavy atom. The number of fused-ring (bicyclic) bond motifs is 3. The highest BCUT2D eigenvalue weighted by atomic mass is 19.4. The van der Waals surface area contributed by atoms with E-state index in [1.54, 1.807) is 46.7 Å². The number of carbonyl (C=O) groups excluding carboxylic acids is 2. The minimum Gasteiger partial charge on any atom is -0.488 e. The average molecular weight is 499 g/mol. The van der Waals surface area contributed by atoms with Crippen LogP contribution in [0.4, 0.5) is 23.7 Å². The topological polar surface area (TPSA) is 74.4 Å². The summed E-state index contributed by atoms with van der Waals surface area (Å²) in [4.78, 5) is 28.2. The van der Waals surface area contributed by atoms with Gasteiger partial charge in [0.05, 0.1) is 11.3 Å². The molecule has 4 rings (SSSR count). The fourth-order valence-electron chi connectivity index (χ4n) is 5.07. The van der Waals surface area contributed by atoms with Crippen LogP contribution >= 0.6 is 0 Å². The summed E-state index contributed by atoms with van der Waals surface area (Å²) >= 11 is 0. The number of amides is 2. The Kier molecular flexibility index (Phi) is 5.94. The Bertz CT molecular complexity index is 1030. The number of nitrogens with zero attached hydrogens (tertiary/aromatic N) is 3. The lowest BCUT2D eigenvalue weighted by Crippen LogP contribution is -2.69. The molecule has 0 radical (unpaired) electrons. The van der Waals surface area contributed by atoms with Gasteiger partial charge in [0, 0.05) is 25.6 Å². The minimum absolute atomic E-state index is 0.105. The summed E-state index contributed by atoms with van der Waals surface area (Å²) < 4.78 is 53.7. The van der Waals surface area contributed by atoms with Gasteiger partial charge in [0.15, 0.2) is 0 Å². The second-order valence-corrected chi connectivity index (χ2v) is 11.1. The number of hydrogen-bond donors (Lipinski definition) is 1. The number of likely N-dealkylation sites (N-methyl/N-ethyl adjacent to an activating group) is 1. The second-order valence-electron chi connectivity index (χ2n) is 11.1. The Balaban J connectivity index is 1.69. The summed E-state index contributed by atoms with van der Waals surface area (Å²) in [5.74, 6) is -0.672. The molecule has 0 bridgehead atoms. The van der Waals surface area contributed by atoms with Gasteiger partial charge in [0.25, 0.3) is 5.91 Å². The van der Waals surface area contributed by atoms with E-state index in [1.807, 2.05) is 11.8 Å². The molecule has 2 amide bonds. The molecule has 3 aliphatic heterocycles. The maximum atomic E-state index is 14.2. The van der Waals surface area contributed by atoms with Gasteiger partial charge in [-0.2, -0.15) is 18.2 Å². The third kappa shape index (κ3) is 4.50. The largest absolute Gasteiger partial charge is 0.488 e. The summed E-state index contributed by atoms with van der Waals surface area (Å²) in [6.07, 6.45) is -5.42. The van der Waals surface area contributed by atoms with Crippen LogP contribution in [0.3, 0.4) is 0 Å². The molecular formula is C24H33F3N4O4. The van der Waals surface area contributed by atoms with Gasteiger partial charge < -0.3 is 19.3 Å². The first kappa shape index (κ1) is 25.4. The highest BCUT2D eigenvalue weighted by Gasteiger charge is 2.50.